The molecule has 1 N–H and O–H groups in total. The zero-order valence-electron chi connectivity index (χ0n) is 18.7. The molecular formula is C26H32N2O3S. The third-order valence-electron chi connectivity index (χ3n) is 6.52. The summed E-state index contributed by atoms with van der Waals surface area (Å²) in [4.78, 5) is 13.1. The lowest BCUT2D eigenvalue weighted by Crippen LogP contribution is -2.42. The van der Waals surface area contributed by atoms with Crippen molar-refractivity contribution in [3.8, 4) is 0 Å². The van der Waals surface area contributed by atoms with E-state index in [2.05, 4.69) is 11.4 Å². The molecule has 0 saturated carbocycles. The second-order valence-corrected chi connectivity index (χ2v) is 10.7. The standard InChI is InChI=1S/C26H32N2O3S/c1-20-11-13-23(14-12-20)32(30,31)28-18-16-22-9-5-6-10-24(22)25(28)19-26(29)27-17-15-21-7-3-2-4-8-21/h5-7,9-14,25H,2-4,8,15-19H2,1H3,(H,27,29). The number of sulfonamides is 1. The normalized spacial score (nSPS) is 19.2. The first kappa shape index (κ1) is 22.7. The van der Waals surface area contributed by atoms with Gasteiger partial charge in [0.1, 0.15) is 0 Å². The number of aryl methyl sites for hydroxylation is 1. The second-order valence-electron chi connectivity index (χ2n) is 8.81. The van der Waals surface area contributed by atoms with E-state index in [1.54, 1.807) is 12.1 Å². The van der Waals surface area contributed by atoms with Gasteiger partial charge in [-0.25, -0.2) is 8.42 Å². The summed E-state index contributed by atoms with van der Waals surface area (Å²) in [5, 5.41) is 3.03. The first-order valence-electron chi connectivity index (χ1n) is 11.6. The topological polar surface area (TPSA) is 66.5 Å². The van der Waals surface area contributed by atoms with Crippen LogP contribution in [-0.2, 0) is 21.2 Å². The fraction of sp³-hybridized carbons (Fsp3) is 0.423. The average molecular weight is 453 g/mol. The van der Waals surface area contributed by atoms with Crippen molar-refractivity contribution in [3.05, 3.63) is 76.9 Å². The minimum absolute atomic E-state index is 0.104. The van der Waals surface area contributed by atoms with Crippen LogP contribution in [0.5, 0.6) is 0 Å². The number of rotatable bonds is 7. The van der Waals surface area contributed by atoms with Gasteiger partial charge in [0, 0.05) is 19.5 Å². The van der Waals surface area contributed by atoms with Gasteiger partial charge in [0.15, 0.2) is 0 Å². The summed E-state index contributed by atoms with van der Waals surface area (Å²) in [6, 6.07) is 14.3. The van der Waals surface area contributed by atoms with E-state index in [0.717, 1.165) is 36.0 Å². The van der Waals surface area contributed by atoms with Gasteiger partial charge < -0.3 is 5.32 Å². The third kappa shape index (κ3) is 5.13. The van der Waals surface area contributed by atoms with Crippen LogP contribution in [0.1, 0.15) is 61.3 Å². The van der Waals surface area contributed by atoms with Crippen molar-refractivity contribution in [3.63, 3.8) is 0 Å². The smallest absolute Gasteiger partial charge is 0.243 e. The van der Waals surface area contributed by atoms with Crippen molar-refractivity contribution in [1.82, 2.24) is 9.62 Å². The molecule has 2 aromatic carbocycles. The molecule has 32 heavy (non-hydrogen) atoms. The molecule has 4 rings (SSSR count). The number of hydrogen-bond acceptors (Lipinski definition) is 3. The molecule has 0 aromatic heterocycles. The molecule has 1 aliphatic heterocycles. The summed E-state index contributed by atoms with van der Waals surface area (Å²) in [5.41, 5.74) is 4.48. The lowest BCUT2D eigenvalue weighted by Gasteiger charge is -2.36. The molecule has 0 fully saturated rings. The first-order chi connectivity index (χ1) is 15.4. The Morgan fingerprint density at radius 3 is 2.59 bits per heavy atom. The Labute approximate surface area is 191 Å². The number of nitrogens with zero attached hydrogens (tertiary/aromatic N) is 1. The molecule has 170 valence electrons. The van der Waals surface area contributed by atoms with E-state index in [0.29, 0.717) is 19.5 Å². The van der Waals surface area contributed by atoms with Gasteiger partial charge in [0.2, 0.25) is 15.9 Å². The lowest BCUT2D eigenvalue weighted by molar-refractivity contribution is -0.122. The molecule has 2 aliphatic rings. The van der Waals surface area contributed by atoms with Crippen LogP contribution in [-0.4, -0.2) is 31.7 Å². The van der Waals surface area contributed by atoms with E-state index < -0.39 is 16.1 Å². The van der Waals surface area contributed by atoms with Gasteiger partial charge in [-0.2, -0.15) is 4.31 Å². The minimum atomic E-state index is -3.71. The number of allylic oxidation sites excluding steroid dienone is 1. The number of carbonyl (C=O) groups is 1. The largest absolute Gasteiger partial charge is 0.356 e. The average Bonchev–Trinajstić information content (AvgIpc) is 2.80. The molecule has 0 bridgehead atoms. The maximum absolute atomic E-state index is 13.5. The van der Waals surface area contributed by atoms with Gasteiger partial charge in [0.05, 0.1) is 10.9 Å². The summed E-state index contributed by atoms with van der Waals surface area (Å²) >= 11 is 0. The van der Waals surface area contributed by atoms with E-state index in [1.165, 1.54) is 22.7 Å². The van der Waals surface area contributed by atoms with E-state index in [1.807, 2.05) is 43.3 Å². The molecule has 0 saturated heterocycles. The van der Waals surface area contributed by atoms with Crippen LogP contribution in [0.15, 0.2) is 65.1 Å². The van der Waals surface area contributed by atoms with E-state index in [9.17, 15) is 13.2 Å². The van der Waals surface area contributed by atoms with Gasteiger partial charge in [-0.3, -0.25) is 4.79 Å². The van der Waals surface area contributed by atoms with Crippen LogP contribution in [0, 0.1) is 6.92 Å². The fourth-order valence-electron chi connectivity index (χ4n) is 4.72. The van der Waals surface area contributed by atoms with Crippen LogP contribution in [0.25, 0.3) is 0 Å². The van der Waals surface area contributed by atoms with Gasteiger partial charge in [-0.15, -0.1) is 0 Å². The Bertz CT molecular complexity index is 1090. The maximum Gasteiger partial charge on any atom is 0.243 e. The molecule has 1 amide bonds. The van der Waals surface area contributed by atoms with Crippen molar-refractivity contribution in [2.45, 2.75) is 62.8 Å². The predicted octanol–water partition coefficient (Wildman–Crippen LogP) is 4.68. The monoisotopic (exact) mass is 452 g/mol. The maximum atomic E-state index is 13.5. The van der Waals surface area contributed by atoms with Crippen molar-refractivity contribution >= 4 is 15.9 Å². The van der Waals surface area contributed by atoms with Gasteiger partial charge in [0.25, 0.3) is 0 Å². The SMILES string of the molecule is Cc1ccc(S(=O)(=O)N2CCc3ccccc3C2CC(=O)NCCC2=CCCCC2)cc1. The van der Waals surface area contributed by atoms with E-state index in [4.69, 9.17) is 0 Å². The summed E-state index contributed by atoms with van der Waals surface area (Å²) in [5.74, 6) is -0.104. The Balaban J connectivity index is 1.52. The predicted molar refractivity (Wildman–Crippen MR) is 127 cm³/mol. The number of amides is 1. The van der Waals surface area contributed by atoms with Gasteiger partial charge in [-0.05, 0) is 68.7 Å². The van der Waals surface area contributed by atoms with Crippen LogP contribution < -0.4 is 5.32 Å². The van der Waals surface area contributed by atoms with Crippen LogP contribution in [0.3, 0.4) is 0 Å². The van der Waals surface area contributed by atoms with Gasteiger partial charge >= 0.3 is 0 Å². The highest BCUT2D eigenvalue weighted by Crippen LogP contribution is 2.36. The summed E-state index contributed by atoms with van der Waals surface area (Å²) < 4.78 is 28.5. The van der Waals surface area contributed by atoms with Crippen molar-refractivity contribution in [1.29, 1.82) is 0 Å². The molecule has 1 heterocycles. The summed E-state index contributed by atoms with van der Waals surface area (Å²) in [7, 11) is -3.71. The summed E-state index contributed by atoms with van der Waals surface area (Å²) in [6.45, 7) is 2.91. The van der Waals surface area contributed by atoms with E-state index in [-0.39, 0.29) is 17.2 Å². The Kier molecular flexibility index (Phi) is 7.11. The highest BCUT2D eigenvalue weighted by atomic mass is 32.2. The van der Waals surface area contributed by atoms with E-state index >= 15 is 0 Å². The minimum Gasteiger partial charge on any atom is -0.356 e. The molecule has 1 aliphatic carbocycles. The number of nitrogens with one attached hydrogen (secondary N) is 1. The molecule has 1 unspecified atom stereocenters. The number of benzene rings is 2. The van der Waals surface area contributed by atoms with Crippen LogP contribution >= 0.6 is 0 Å². The summed E-state index contributed by atoms with van der Waals surface area (Å²) in [6.07, 6.45) is 8.67. The Hall–Kier alpha value is -2.44. The highest BCUT2D eigenvalue weighted by molar-refractivity contribution is 7.89. The molecule has 1 atom stereocenters. The van der Waals surface area contributed by atoms with Crippen LogP contribution in [0.2, 0.25) is 0 Å². The molecular weight excluding hydrogens is 420 g/mol. The lowest BCUT2D eigenvalue weighted by atomic mass is 9.92. The Morgan fingerprint density at radius 1 is 1.06 bits per heavy atom. The second kappa shape index (κ2) is 10.0. The highest BCUT2D eigenvalue weighted by Gasteiger charge is 2.37. The fourth-order valence-corrected chi connectivity index (χ4v) is 6.32. The molecule has 5 nitrogen and oxygen atoms in total. The Morgan fingerprint density at radius 2 is 1.84 bits per heavy atom. The quantitative estimate of drug-likeness (QED) is 0.620. The third-order valence-corrected chi connectivity index (χ3v) is 8.45. The van der Waals surface area contributed by atoms with Crippen LogP contribution in [0.4, 0.5) is 0 Å². The number of hydrogen-bond donors (Lipinski definition) is 1. The molecule has 0 radical (unpaired) electrons. The molecule has 2 aromatic rings. The number of carbonyl (C=O) groups excluding carboxylic acids is 1. The first-order valence-corrected chi connectivity index (χ1v) is 13.0. The van der Waals surface area contributed by atoms with Gasteiger partial charge in [-0.1, -0.05) is 53.6 Å². The van der Waals surface area contributed by atoms with Crippen molar-refractivity contribution in [2.75, 3.05) is 13.1 Å². The molecule has 6 heteroatoms. The zero-order chi connectivity index (χ0) is 22.6. The van der Waals surface area contributed by atoms with Crippen molar-refractivity contribution in [2.24, 2.45) is 0 Å². The zero-order valence-corrected chi connectivity index (χ0v) is 19.5. The van der Waals surface area contributed by atoms with Crippen molar-refractivity contribution < 1.29 is 13.2 Å². The number of fused-ring (bicyclic) bond motifs is 1. The molecule has 0 spiro atoms.